The SMILES string of the molecule is N#Cc1ccc(-c2cc3c4c(c2)[C@@H]2CNCC[C@@H]2N4CCCS3)c(C(F)(F)F)c1. The largest absolute Gasteiger partial charge is 0.417 e. The van der Waals surface area contributed by atoms with E-state index in [4.69, 9.17) is 5.26 Å². The quantitative estimate of drug-likeness (QED) is 0.711. The van der Waals surface area contributed by atoms with Gasteiger partial charge in [-0.25, -0.2) is 0 Å². The van der Waals surface area contributed by atoms with Crippen molar-refractivity contribution >= 4 is 17.4 Å². The van der Waals surface area contributed by atoms with Crippen molar-refractivity contribution in [1.82, 2.24) is 5.32 Å². The smallest absolute Gasteiger partial charge is 0.367 e. The zero-order valence-corrected chi connectivity index (χ0v) is 16.5. The number of nitriles is 1. The van der Waals surface area contributed by atoms with E-state index in [0.29, 0.717) is 17.5 Å². The average Bonchev–Trinajstić information content (AvgIpc) is 2.88. The van der Waals surface area contributed by atoms with Gasteiger partial charge in [-0.3, -0.25) is 0 Å². The van der Waals surface area contributed by atoms with Crippen LogP contribution >= 0.6 is 11.8 Å². The van der Waals surface area contributed by atoms with Crippen LogP contribution in [0.4, 0.5) is 18.9 Å². The first-order chi connectivity index (χ1) is 14.0. The predicted molar refractivity (Wildman–Crippen MR) is 108 cm³/mol. The summed E-state index contributed by atoms with van der Waals surface area (Å²) in [6.45, 7) is 2.86. The summed E-state index contributed by atoms with van der Waals surface area (Å²) in [5.41, 5.74) is 2.43. The molecular weight excluding hydrogens is 395 g/mol. The van der Waals surface area contributed by atoms with Crippen molar-refractivity contribution < 1.29 is 13.2 Å². The number of fused-ring (bicyclic) bond motifs is 3. The molecule has 0 bridgehead atoms. The Balaban J connectivity index is 1.70. The molecule has 3 aliphatic heterocycles. The fourth-order valence-electron chi connectivity index (χ4n) is 4.98. The van der Waals surface area contributed by atoms with Crippen molar-refractivity contribution in [2.24, 2.45) is 0 Å². The number of thioether (sulfide) groups is 1. The maximum atomic E-state index is 13.8. The van der Waals surface area contributed by atoms with Crippen LogP contribution in [-0.2, 0) is 6.18 Å². The standard InChI is InChI=1S/C22H20F3N3S/c23-22(24,25)18-8-13(11-26)2-3-15(18)14-9-16-17-12-27-5-4-19(17)28-6-1-7-29-20(10-14)21(16)28/h2-3,8-10,17,19,27H,1,4-7,12H2/t17-,19-/m0/s1. The van der Waals surface area contributed by atoms with Gasteiger partial charge < -0.3 is 10.2 Å². The summed E-state index contributed by atoms with van der Waals surface area (Å²) in [6, 6.07) is 10.0. The molecule has 0 radical (unpaired) electrons. The van der Waals surface area contributed by atoms with Gasteiger partial charge in [0, 0.05) is 29.9 Å². The Morgan fingerprint density at radius 3 is 2.86 bits per heavy atom. The van der Waals surface area contributed by atoms with Crippen molar-refractivity contribution in [1.29, 1.82) is 5.26 Å². The van der Waals surface area contributed by atoms with E-state index in [2.05, 4.69) is 10.2 Å². The maximum Gasteiger partial charge on any atom is 0.417 e. The third-order valence-corrected chi connectivity index (χ3v) is 7.32. The molecule has 0 unspecified atom stereocenters. The third kappa shape index (κ3) is 3.10. The van der Waals surface area contributed by atoms with E-state index in [0.717, 1.165) is 49.2 Å². The van der Waals surface area contributed by atoms with Gasteiger partial charge in [0.25, 0.3) is 0 Å². The molecule has 1 N–H and O–H groups in total. The molecule has 2 aromatic rings. The molecule has 7 heteroatoms. The summed E-state index contributed by atoms with van der Waals surface area (Å²) in [4.78, 5) is 3.59. The number of anilines is 1. The van der Waals surface area contributed by atoms with E-state index in [1.807, 2.05) is 18.2 Å². The van der Waals surface area contributed by atoms with E-state index < -0.39 is 11.7 Å². The maximum absolute atomic E-state index is 13.8. The van der Waals surface area contributed by atoms with Crippen molar-refractivity contribution in [3.63, 3.8) is 0 Å². The first-order valence-electron chi connectivity index (χ1n) is 9.87. The van der Waals surface area contributed by atoms with Gasteiger partial charge in [-0.05, 0) is 66.1 Å². The van der Waals surface area contributed by atoms with Crippen LogP contribution in [-0.4, -0.2) is 31.4 Å². The lowest BCUT2D eigenvalue weighted by Gasteiger charge is -2.33. The lowest BCUT2D eigenvalue weighted by atomic mass is 9.88. The van der Waals surface area contributed by atoms with Crippen LogP contribution in [0.25, 0.3) is 11.1 Å². The lowest BCUT2D eigenvalue weighted by molar-refractivity contribution is -0.137. The Kier molecular flexibility index (Phi) is 4.52. The first-order valence-corrected chi connectivity index (χ1v) is 10.9. The number of alkyl halides is 3. The fraction of sp³-hybridized carbons (Fsp3) is 0.409. The van der Waals surface area contributed by atoms with Crippen molar-refractivity contribution in [3.8, 4) is 17.2 Å². The van der Waals surface area contributed by atoms with Gasteiger partial charge >= 0.3 is 6.18 Å². The highest BCUT2D eigenvalue weighted by atomic mass is 32.2. The van der Waals surface area contributed by atoms with Crippen LogP contribution in [0.5, 0.6) is 0 Å². The number of piperidine rings is 1. The van der Waals surface area contributed by atoms with E-state index >= 15 is 0 Å². The molecule has 150 valence electrons. The Morgan fingerprint density at radius 2 is 2.07 bits per heavy atom. The molecule has 2 aromatic carbocycles. The van der Waals surface area contributed by atoms with Crippen LogP contribution in [0.3, 0.4) is 0 Å². The second-order valence-corrected chi connectivity index (χ2v) is 8.98. The van der Waals surface area contributed by atoms with Crippen LogP contribution in [0.1, 0.15) is 35.4 Å². The minimum absolute atomic E-state index is 0.0254. The molecule has 0 aromatic heterocycles. The van der Waals surface area contributed by atoms with Crippen LogP contribution in [0.15, 0.2) is 35.2 Å². The molecular formula is C22H20F3N3S. The van der Waals surface area contributed by atoms with Gasteiger partial charge in [0.05, 0.1) is 22.9 Å². The summed E-state index contributed by atoms with van der Waals surface area (Å²) in [7, 11) is 0. The number of halogens is 3. The number of rotatable bonds is 1. The van der Waals surface area contributed by atoms with Crippen molar-refractivity contribution in [2.75, 3.05) is 30.3 Å². The minimum Gasteiger partial charge on any atom is -0.367 e. The summed E-state index contributed by atoms with van der Waals surface area (Å²) >= 11 is 1.75. The molecule has 1 fully saturated rings. The van der Waals surface area contributed by atoms with Gasteiger partial charge in [-0.15, -0.1) is 11.8 Å². The molecule has 5 rings (SSSR count). The van der Waals surface area contributed by atoms with Gasteiger partial charge in [0.2, 0.25) is 0 Å². The van der Waals surface area contributed by atoms with Gasteiger partial charge in [0.15, 0.2) is 0 Å². The monoisotopic (exact) mass is 415 g/mol. The summed E-state index contributed by atoms with van der Waals surface area (Å²) in [5, 5.41) is 12.5. The zero-order chi connectivity index (χ0) is 20.2. The van der Waals surface area contributed by atoms with Gasteiger partial charge in [0.1, 0.15) is 0 Å². The summed E-state index contributed by atoms with van der Waals surface area (Å²) in [5.74, 6) is 1.28. The first kappa shape index (κ1) is 18.8. The van der Waals surface area contributed by atoms with E-state index in [-0.39, 0.29) is 11.1 Å². The second kappa shape index (κ2) is 6.96. The van der Waals surface area contributed by atoms with Crippen LogP contribution < -0.4 is 10.2 Å². The summed E-state index contributed by atoms with van der Waals surface area (Å²) < 4.78 is 41.3. The highest BCUT2D eigenvalue weighted by Crippen LogP contribution is 2.51. The van der Waals surface area contributed by atoms with E-state index in [1.54, 1.807) is 11.8 Å². The number of nitrogens with one attached hydrogen (secondary N) is 1. The molecule has 0 spiro atoms. The second-order valence-electron chi connectivity index (χ2n) is 7.84. The van der Waals surface area contributed by atoms with Crippen LogP contribution in [0, 0.1) is 11.3 Å². The van der Waals surface area contributed by atoms with Crippen molar-refractivity contribution in [3.05, 3.63) is 47.0 Å². The Hall–Kier alpha value is -2.17. The van der Waals surface area contributed by atoms with E-state index in [1.165, 1.54) is 23.4 Å². The number of hydrogen-bond acceptors (Lipinski definition) is 4. The van der Waals surface area contributed by atoms with Crippen LogP contribution in [0.2, 0.25) is 0 Å². The Labute approximate surface area is 171 Å². The third-order valence-electron chi connectivity index (χ3n) is 6.20. The van der Waals surface area contributed by atoms with Crippen molar-refractivity contribution in [2.45, 2.75) is 35.9 Å². The molecule has 2 atom stereocenters. The highest BCUT2D eigenvalue weighted by molar-refractivity contribution is 7.99. The fourth-order valence-corrected chi connectivity index (χ4v) is 6.06. The predicted octanol–water partition coefficient (Wildman–Crippen LogP) is 5.01. The molecule has 0 saturated carbocycles. The topological polar surface area (TPSA) is 39.1 Å². The van der Waals surface area contributed by atoms with E-state index in [9.17, 15) is 13.2 Å². The molecule has 3 nitrogen and oxygen atoms in total. The molecule has 0 aliphatic carbocycles. The molecule has 3 aliphatic rings. The zero-order valence-electron chi connectivity index (χ0n) is 15.7. The lowest BCUT2D eigenvalue weighted by Crippen LogP contribution is -2.44. The Bertz CT molecular complexity index is 1010. The molecule has 1 saturated heterocycles. The van der Waals surface area contributed by atoms with Gasteiger partial charge in [-0.1, -0.05) is 6.07 Å². The highest BCUT2D eigenvalue weighted by Gasteiger charge is 2.42. The number of benzene rings is 2. The molecule has 29 heavy (non-hydrogen) atoms. The average molecular weight is 415 g/mol. The number of nitrogens with zero attached hydrogens (tertiary/aromatic N) is 2. The molecule has 3 heterocycles. The number of hydrogen-bond donors (Lipinski definition) is 1. The van der Waals surface area contributed by atoms with Gasteiger partial charge in [-0.2, -0.15) is 18.4 Å². The summed E-state index contributed by atoms with van der Waals surface area (Å²) in [6.07, 6.45) is -2.37. The molecule has 0 amide bonds. The Morgan fingerprint density at radius 1 is 1.21 bits per heavy atom. The minimum atomic E-state index is -4.51. The normalized spacial score (nSPS) is 23.2.